The van der Waals surface area contributed by atoms with Gasteiger partial charge in [0.1, 0.15) is 0 Å². The molecule has 0 aromatic carbocycles. The van der Waals surface area contributed by atoms with Gasteiger partial charge in [0, 0.05) is 30.7 Å². The number of thiophene rings is 1. The van der Waals surface area contributed by atoms with Crippen LogP contribution in [0, 0.1) is 0 Å². The Hall–Kier alpha value is -1.24. The van der Waals surface area contributed by atoms with E-state index < -0.39 is 0 Å². The van der Waals surface area contributed by atoms with Crippen LogP contribution in [0.5, 0.6) is 0 Å². The molecule has 0 radical (unpaired) electrons. The van der Waals surface area contributed by atoms with E-state index in [4.69, 9.17) is 5.73 Å². The molecule has 98 valence electrons. The summed E-state index contributed by atoms with van der Waals surface area (Å²) in [4.78, 5) is 1.41. The Labute approximate surface area is 111 Å². The number of rotatable bonds is 7. The highest BCUT2D eigenvalue weighted by Crippen LogP contribution is 2.16. The van der Waals surface area contributed by atoms with Crippen molar-refractivity contribution in [2.24, 2.45) is 5.73 Å². The van der Waals surface area contributed by atoms with Crippen LogP contribution < -0.4 is 11.1 Å². The summed E-state index contributed by atoms with van der Waals surface area (Å²) in [5.74, 6) is 0. The van der Waals surface area contributed by atoms with E-state index >= 15 is 0 Å². The van der Waals surface area contributed by atoms with Crippen molar-refractivity contribution in [1.29, 1.82) is 0 Å². The van der Waals surface area contributed by atoms with Crippen molar-refractivity contribution in [3.63, 3.8) is 0 Å². The molecule has 0 atom stereocenters. The van der Waals surface area contributed by atoms with Crippen LogP contribution in [0.15, 0.2) is 17.6 Å². The van der Waals surface area contributed by atoms with E-state index in [1.165, 1.54) is 10.4 Å². The maximum Gasteiger partial charge on any atom is 0.0964 e. The molecule has 0 saturated carbocycles. The van der Waals surface area contributed by atoms with Crippen molar-refractivity contribution >= 4 is 11.3 Å². The molecule has 0 unspecified atom stereocenters. The molecule has 18 heavy (non-hydrogen) atoms. The topological polar surface area (TPSA) is 68.8 Å². The number of hydrogen-bond acceptors (Lipinski definition) is 5. The Morgan fingerprint density at radius 2 is 2.33 bits per heavy atom. The van der Waals surface area contributed by atoms with Crippen LogP contribution in [-0.4, -0.2) is 21.5 Å². The molecule has 2 aromatic rings. The SMILES string of the molecule is CCc1ccsc1CNCc1cn(CCN)nn1. The van der Waals surface area contributed by atoms with Crippen LogP contribution in [0.3, 0.4) is 0 Å². The molecule has 0 aliphatic carbocycles. The molecule has 2 rings (SSSR count). The molecule has 0 spiro atoms. The third-order valence-corrected chi connectivity index (χ3v) is 3.72. The van der Waals surface area contributed by atoms with Gasteiger partial charge in [0.2, 0.25) is 0 Å². The first-order valence-electron chi connectivity index (χ1n) is 6.18. The summed E-state index contributed by atoms with van der Waals surface area (Å²) in [7, 11) is 0. The monoisotopic (exact) mass is 265 g/mol. The normalized spacial score (nSPS) is 11.0. The van der Waals surface area contributed by atoms with Crippen molar-refractivity contribution < 1.29 is 0 Å². The molecule has 0 aliphatic rings. The maximum absolute atomic E-state index is 5.46. The second-order valence-electron chi connectivity index (χ2n) is 4.09. The average molecular weight is 265 g/mol. The predicted molar refractivity (Wildman–Crippen MR) is 73.3 cm³/mol. The van der Waals surface area contributed by atoms with E-state index in [2.05, 4.69) is 34.0 Å². The first kappa shape index (κ1) is 13.2. The molecule has 0 saturated heterocycles. The molecular weight excluding hydrogens is 246 g/mol. The minimum atomic E-state index is 0.589. The van der Waals surface area contributed by atoms with Gasteiger partial charge in [-0.05, 0) is 23.4 Å². The van der Waals surface area contributed by atoms with Crippen molar-refractivity contribution in [3.8, 4) is 0 Å². The van der Waals surface area contributed by atoms with Crippen LogP contribution in [0.2, 0.25) is 0 Å². The first-order valence-corrected chi connectivity index (χ1v) is 7.06. The largest absolute Gasteiger partial charge is 0.329 e. The lowest BCUT2D eigenvalue weighted by Gasteiger charge is -2.02. The van der Waals surface area contributed by atoms with Crippen molar-refractivity contribution in [2.45, 2.75) is 33.0 Å². The Bertz CT molecular complexity index is 476. The Kier molecular flexibility index (Phi) is 4.86. The molecule has 0 fully saturated rings. The molecule has 2 aromatic heterocycles. The fourth-order valence-corrected chi connectivity index (χ4v) is 2.75. The van der Waals surface area contributed by atoms with Gasteiger partial charge < -0.3 is 11.1 Å². The first-order chi connectivity index (χ1) is 8.83. The lowest BCUT2D eigenvalue weighted by atomic mass is 10.2. The fourth-order valence-electron chi connectivity index (χ4n) is 1.80. The molecule has 5 nitrogen and oxygen atoms in total. The van der Waals surface area contributed by atoms with Gasteiger partial charge in [-0.2, -0.15) is 0 Å². The van der Waals surface area contributed by atoms with Crippen LogP contribution in [0.1, 0.15) is 23.1 Å². The molecule has 0 bridgehead atoms. The van der Waals surface area contributed by atoms with Crippen LogP contribution in [-0.2, 0) is 26.1 Å². The van der Waals surface area contributed by atoms with E-state index in [0.29, 0.717) is 6.54 Å². The number of nitrogens with zero attached hydrogens (tertiary/aromatic N) is 3. The summed E-state index contributed by atoms with van der Waals surface area (Å²) in [5.41, 5.74) is 7.85. The quantitative estimate of drug-likeness (QED) is 0.788. The van der Waals surface area contributed by atoms with Crippen molar-refractivity contribution in [3.05, 3.63) is 33.8 Å². The molecular formula is C12H19N5S. The van der Waals surface area contributed by atoms with Crippen molar-refractivity contribution in [2.75, 3.05) is 6.54 Å². The summed E-state index contributed by atoms with van der Waals surface area (Å²) in [6.07, 6.45) is 3.03. The zero-order valence-corrected chi connectivity index (χ0v) is 11.4. The lowest BCUT2D eigenvalue weighted by molar-refractivity contribution is 0.598. The Morgan fingerprint density at radius 3 is 3.11 bits per heavy atom. The minimum Gasteiger partial charge on any atom is -0.329 e. The number of hydrogen-bond donors (Lipinski definition) is 2. The maximum atomic E-state index is 5.46. The third kappa shape index (κ3) is 3.38. The molecule has 0 amide bonds. The zero-order valence-electron chi connectivity index (χ0n) is 10.6. The van der Waals surface area contributed by atoms with Gasteiger partial charge in [-0.25, -0.2) is 0 Å². The van der Waals surface area contributed by atoms with Gasteiger partial charge in [-0.1, -0.05) is 12.1 Å². The summed E-state index contributed by atoms with van der Waals surface area (Å²) in [6, 6.07) is 2.19. The molecule has 6 heteroatoms. The van der Waals surface area contributed by atoms with E-state index in [0.717, 1.165) is 31.7 Å². The Morgan fingerprint density at radius 1 is 1.44 bits per heavy atom. The van der Waals surface area contributed by atoms with Gasteiger partial charge in [-0.15, -0.1) is 16.4 Å². The van der Waals surface area contributed by atoms with E-state index in [-0.39, 0.29) is 0 Å². The summed E-state index contributed by atoms with van der Waals surface area (Å²) >= 11 is 1.80. The summed E-state index contributed by atoms with van der Waals surface area (Å²) in [6.45, 7) is 5.13. The van der Waals surface area contributed by atoms with Gasteiger partial charge in [0.05, 0.1) is 12.2 Å². The van der Waals surface area contributed by atoms with E-state index in [1.54, 1.807) is 16.0 Å². The summed E-state index contributed by atoms with van der Waals surface area (Å²) < 4.78 is 1.78. The van der Waals surface area contributed by atoms with Gasteiger partial charge in [-0.3, -0.25) is 4.68 Å². The lowest BCUT2D eigenvalue weighted by Crippen LogP contribution is -2.13. The molecule has 2 heterocycles. The number of aryl methyl sites for hydroxylation is 1. The van der Waals surface area contributed by atoms with Crippen LogP contribution in [0.25, 0.3) is 0 Å². The minimum absolute atomic E-state index is 0.589. The average Bonchev–Trinajstić information content (AvgIpc) is 2.99. The van der Waals surface area contributed by atoms with E-state index in [9.17, 15) is 0 Å². The van der Waals surface area contributed by atoms with Gasteiger partial charge >= 0.3 is 0 Å². The standard InChI is InChI=1S/C12H19N5S/c1-2-10-3-6-18-12(10)8-14-7-11-9-17(5-4-13)16-15-11/h3,6,9,14H,2,4-5,7-8,13H2,1H3. The number of aromatic nitrogens is 3. The van der Waals surface area contributed by atoms with Crippen LogP contribution >= 0.6 is 11.3 Å². The zero-order chi connectivity index (χ0) is 12.8. The highest BCUT2D eigenvalue weighted by molar-refractivity contribution is 7.10. The molecule has 0 aliphatic heterocycles. The number of nitrogens with one attached hydrogen (secondary N) is 1. The van der Waals surface area contributed by atoms with Crippen molar-refractivity contribution in [1.82, 2.24) is 20.3 Å². The third-order valence-electron chi connectivity index (χ3n) is 2.75. The second kappa shape index (κ2) is 6.63. The summed E-state index contributed by atoms with van der Waals surface area (Å²) in [5, 5.41) is 13.6. The van der Waals surface area contributed by atoms with Crippen LogP contribution in [0.4, 0.5) is 0 Å². The second-order valence-corrected chi connectivity index (χ2v) is 5.09. The highest BCUT2D eigenvalue weighted by Gasteiger charge is 2.03. The van der Waals surface area contributed by atoms with Gasteiger partial charge in [0.25, 0.3) is 0 Å². The Balaban J connectivity index is 1.81. The molecule has 3 N–H and O–H groups in total. The smallest absolute Gasteiger partial charge is 0.0964 e. The highest BCUT2D eigenvalue weighted by atomic mass is 32.1. The number of nitrogens with two attached hydrogens (primary N) is 1. The van der Waals surface area contributed by atoms with E-state index in [1.807, 2.05) is 6.20 Å². The fraction of sp³-hybridized carbons (Fsp3) is 0.500. The van der Waals surface area contributed by atoms with Gasteiger partial charge in [0.15, 0.2) is 0 Å². The predicted octanol–water partition coefficient (Wildman–Crippen LogP) is 1.15.